The zero-order valence-corrected chi connectivity index (χ0v) is 16.9. The van der Waals surface area contributed by atoms with Crippen LogP contribution < -0.4 is 5.32 Å². The number of hydrogen-bond acceptors (Lipinski definition) is 3. The van der Waals surface area contributed by atoms with Crippen LogP contribution in [0.2, 0.25) is 0 Å². The highest BCUT2D eigenvalue weighted by molar-refractivity contribution is 9.10. The summed E-state index contributed by atoms with van der Waals surface area (Å²) in [4.78, 5) is 12.4. The van der Waals surface area contributed by atoms with Crippen molar-refractivity contribution < 1.29 is 13.2 Å². The van der Waals surface area contributed by atoms with Gasteiger partial charge in [-0.1, -0.05) is 45.8 Å². The van der Waals surface area contributed by atoms with Crippen molar-refractivity contribution in [2.24, 2.45) is 0 Å². The standard InChI is InChI=1S/C19H21BrN2O3S/c1-14-2-4-15(5-3-14)12-22(13-19(23)21-17-8-9-17)26(24,25)18-10-6-16(20)7-11-18/h2-7,10-11,17H,8-9,12-13H2,1H3,(H,21,23). The molecular weight excluding hydrogens is 416 g/mol. The van der Waals surface area contributed by atoms with Crippen LogP contribution in [0, 0.1) is 6.92 Å². The van der Waals surface area contributed by atoms with Crippen molar-refractivity contribution in [3.8, 4) is 0 Å². The molecule has 0 heterocycles. The fourth-order valence-corrected chi connectivity index (χ4v) is 4.19. The molecule has 0 aromatic heterocycles. The maximum absolute atomic E-state index is 13.1. The van der Waals surface area contributed by atoms with Crippen LogP contribution in [0.15, 0.2) is 57.9 Å². The summed E-state index contributed by atoms with van der Waals surface area (Å²) in [5.41, 5.74) is 1.94. The Bertz CT molecular complexity index is 876. The molecule has 1 amide bonds. The SMILES string of the molecule is Cc1ccc(CN(CC(=O)NC2CC2)S(=O)(=O)c2ccc(Br)cc2)cc1. The Kier molecular flexibility index (Phi) is 5.79. The van der Waals surface area contributed by atoms with E-state index in [1.807, 2.05) is 31.2 Å². The average Bonchev–Trinajstić information content (AvgIpc) is 3.40. The van der Waals surface area contributed by atoms with E-state index >= 15 is 0 Å². The molecule has 1 aliphatic carbocycles. The second kappa shape index (κ2) is 7.90. The van der Waals surface area contributed by atoms with Gasteiger partial charge < -0.3 is 5.32 Å². The summed E-state index contributed by atoms with van der Waals surface area (Å²) in [6.45, 7) is 1.93. The van der Waals surface area contributed by atoms with E-state index < -0.39 is 10.0 Å². The Morgan fingerprint density at radius 3 is 2.31 bits per heavy atom. The minimum absolute atomic E-state index is 0.150. The first kappa shape index (κ1) is 19.1. The first-order valence-corrected chi connectivity index (χ1v) is 10.7. The smallest absolute Gasteiger partial charge is 0.243 e. The van der Waals surface area contributed by atoms with Crippen molar-refractivity contribution in [3.05, 3.63) is 64.1 Å². The van der Waals surface area contributed by atoms with Gasteiger partial charge in [0.15, 0.2) is 0 Å². The van der Waals surface area contributed by atoms with E-state index in [1.165, 1.54) is 4.31 Å². The van der Waals surface area contributed by atoms with Crippen LogP contribution in [0.4, 0.5) is 0 Å². The maximum Gasteiger partial charge on any atom is 0.243 e. The third-order valence-electron chi connectivity index (χ3n) is 4.19. The molecule has 0 saturated heterocycles. The molecule has 1 saturated carbocycles. The van der Waals surface area contributed by atoms with Crippen LogP contribution in [0.5, 0.6) is 0 Å². The number of carbonyl (C=O) groups is 1. The second-order valence-corrected chi connectivity index (χ2v) is 9.41. The summed E-state index contributed by atoms with van der Waals surface area (Å²) in [6, 6.07) is 14.3. The Balaban J connectivity index is 1.85. The van der Waals surface area contributed by atoms with Gasteiger partial charge in [0.1, 0.15) is 0 Å². The van der Waals surface area contributed by atoms with E-state index in [1.54, 1.807) is 24.3 Å². The normalized spacial score (nSPS) is 14.4. The van der Waals surface area contributed by atoms with Gasteiger partial charge in [-0.3, -0.25) is 4.79 Å². The van der Waals surface area contributed by atoms with Crippen LogP contribution in [0.25, 0.3) is 0 Å². The van der Waals surface area contributed by atoms with E-state index in [-0.39, 0.29) is 29.9 Å². The van der Waals surface area contributed by atoms with Crippen LogP contribution in [-0.4, -0.2) is 31.2 Å². The molecule has 1 aliphatic rings. The Morgan fingerprint density at radius 1 is 1.12 bits per heavy atom. The summed E-state index contributed by atoms with van der Waals surface area (Å²) < 4.78 is 28.2. The fraction of sp³-hybridized carbons (Fsp3) is 0.316. The molecule has 0 radical (unpaired) electrons. The van der Waals surface area contributed by atoms with Gasteiger partial charge >= 0.3 is 0 Å². The minimum Gasteiger partial charge on any atom is -0.352 e. The molecule has 3 rings (SSSR count). The van der Waals surface area contributed by atoms with Crippen LogP contribution in [0.1, 0.15) is 24.0 Å². The van der Waals surface area contributed by atoms with E-state index in [0.717, 1.165) is 28.4 Å². The lowest BCUT2D eigenvalue weighted by molar-refractivity contribution is -0.121. The van der Waals surface area contributed by atoms with Gasteiger partial charge in [0.25, 0.3) is 0 Å². The molecule has 2 aromatic carbocycles. The molecule has 7 heteroatoms. The monoisotopic (exact) mass is 436 g/mol. The Labute approximate surface area is 162 Å². The van der Waals surface area contributed by atoms with Crippen molar-refractivity contribution in [3.63, 3.8) is 0 Å². The number of aryl methyl sites for hydroxylation is 1. The zero-order valence-electron chi connectivity index (χ0n) is 14.5. The molecule has 1 N–H and O–H groups in total. The third kappa shape index (κ3) is 4.93. The molecule has 0 bridgehead atoms. The molecular formula is C19H21BrN2O3S. The molecule has 2 aromatic rings. The van der Waals surface area contributed by atoms with Crippen LogP contribution >= 0.6 is 15.9 Å². The molecule has 138 valence electrons. The summed E-state index contributed by atoms with van der Waals surface area (Å²) in [5, 5.41) is 2.86. The van der Waals surface area contributed by atoms with Gasteiger partial charge in [-0.05, 0) is 49.6 Å². The highest BCUT2D eigenvalue weighted by atomic mass is 79.9. The number of nitrogens with zero attached hydrogens (tertiary/aromatic N) is 1. The number of rotatable bonds is 7. The van der Waals surface area contributed by atoms with Crippen molar-refractivity contribution in [1.29, 1.82) is 0 Å². The van der Waals surface area contributed by atoms with Crippen molar-refractivity contribution >= 4 is 31.9 Å². The number of amides is 1. The second-order valence-electron chi connectivity index (χ2n) is 6.55. The van der Waals surface area contributed by atoms with Gasteiger partial charge in [-0.25, -0.2) is 8.42 Å². The minimum atomic E-state index is -3.78. The molecule has 5 nitrogen and oxygen atoms in total. The third-order valence-corrected chi connectivity index (χ3v) is 6.53. The molecule has 0 unspecified atom stereocenters. The van der Waals surface area contributed by atoms with Crippen LogP contribution in [0.3, 0.4) is 0 Å². The summed E-state index contributed by atoms with van der Waals surface area (Å²) in [5.74, 6) is -0.264. The molecule has 1 fully saturated rings. The lowest BCUT2D eigenvalue weighted by Crippen LogP contribution is -2.41. The first-order chi connectivity index (χ1) is 12.3. The van der Waals surface area contributed by atoms with Crippen molar-refractivity contribution in [2.75, 3.05) is 6.54 Å². The lowest BCUT2D eigenvalue weighted by atomic mass is 10.1. The fourth-order valence-electron chi connectivity index (χ4n) is 2.54. The van der Waals surface area contributed by atoms with Crippen molar-refractivity contribution in [2.45, 2.75) is 37.2 Å². The van der Waals surface area contributed by atoms with Gasteiger partial charge in [0.05, 0.1) is 11.4 Å². The Morgan fingerprint density at radius 2 is 1.73 bits per heavy atom. The quantitative estimate of drug-likeness (QED) is 0.724. The molecule has 0 aliphatic heterocycles. The summed E-state index contributed by atoms with van der Waals surface area (Å²) in [6.07, 6.45) is 1.92. The largest absolute Gasteiger partial charge is 0.352 e. The summed E-state index contributed by atoms with van der Waals surface area (Å²) in [7, 11) is -3.78. The van der Waals surface area contributed by atoms with Gasteiger partial charge in [0.2, 0.25) is 15.9 Å². The van der Waals surface area contributed by atoms with E-state index in [4.69, 9.17) is 0 Å². The molecule has 0 atom stereocenters. The topological polar surface area (TPSA) is 66.5 Å². The van der Waals surface area contributed by atoms with E-state index in [0.29, 0.717) is 0 Å². The number of sulfonamides is 1. The molecule has 26 heavy (non-hydrogen) atoms. The van der Waals surface area contributed by atoms with Gasteiger partial charge in [0, 0.05) is 17.1 Å². The van der Waals surface area contributed by atoms with Crippen LogP contribution in [-0.2, 0) is 21.4 Å². The molecule has 0 spiro atoms. The van der Waals surface area contributed by atoms with Gasteiger partial charge in [-0.2, -0.15) is 4.31 Å². The predicted molar refractivity (Wildman–Crippen MR) is 104 cm³/mol. The number of halogens is 1. The zero-order chi connectivity index (χ0) is 18.7. The summed E-state index contributed by atoms with van der Waals surface area (Å²) >= 11 is 3.31. The number of benzene rings is 2. The Hall–Kier alpha value is -1.70. The highest BCUT2D eigenvalue weighted by Gasteiger charge is 2.29. The van der Waals surface area contributed by atoms with E-state index in [9.17, 15) is 13.2 Å². The number of hydrogen-bond donors (Lipinski definition) is 1. The number of carbonyl (C=O) groups excluding carboxylic acids is 1. The first-order valence-electron chi connectivity index (χ1n) is 8.45. The highest BCUT2D eigenvalue weighted by Crippen LogP contribution is 2.22. The van der Waals surface area contributed by atoms with E-state index in [2.05, 4.69) is 21.2 Å². The average molecular weight is 437 g/mol. The predicted octanol–water partition coefficient (Wildman–Crippen LogP) is 3.23. The maximum atomic E-state index is 13.1. The lowest BCUT2D eigenvalue weighted by Gasteiger charge is -2.22. The number of nitrogens with one attached hydrogen (secondary N) is 1. The van der Waals surface area contributed by atoms with Gasteiger partial charge in [-0.15, -0.1) is 0 Å². The van der Waals surface area contributed by atoms with Crippen molar-refractivity contribution in [1.82, 2.24) is 9.62 Å².